The second-order valence-electron chi connectivity index (χ2n) is 2.61. The van der Waals surface area contributed by atoms with Crippen molar-refractivity contribution in [3.05, 3.63) is 18.0 Å². The van der Waals surface area contributed by atoms with E-state index < -0.39 is 0 Å². The van der Waals surface area contributed by atoms with Gasteiger partial charge < -0.3 is 0 Å². The van der Waals surface area contributed by atoms with Crippen molar-refractivity contribution in [2.75, 3.05) is 0 Å². The average molecular weight is 121 g/mol. The number of nitrogens with zero attached hydrogens (tertiary/aromatic N) is 2. The van der Waals surface area contributed by atoms with Crippen molar-refractivity contribution < 1.29 is 0 Å². The lowest BCUT2D eigenvalue weighted by atomic mass is 10.3. The minimum atomic E-state index is 0.742. The Morgan fingerprint density at radius 1 is 1.78 bits per heavy atom. The number of hydrogen-bond donors (Lipinski definition) is 0. The van der Waals surface area contributed by atoms with Crippen molar-refractivity contribution in [3.63, 3.8) is 0 Å². The summed E-state index contributed by atoms with van der Waals surface area (Å²) in [5.41, 5.74) is 1.15. The fourth-order valence-electron chi connectivity index (χ4n) is 0.943. The quantitative estimate of drug-likeness (QED) is 0.544. The normalized spacial score (nSPS) is 18.3. The van der Waals surface area contributed by atoms with Crippen LogP contribution in [0.5, 0.6) is 0 Å². The zero-order valence-electron chi connectivity index (χ0n) is 5.46. The van der Waals surface area contributed by atoms with Gasteiger partial charge in [-0.25, -0.2) is 0 Å². The average Bonchev–Trinajstić information content (AvgIpc) is 2.58. The summed E-state index contributed by atoms with van der Waals surface area (Å²) in [7, 11) is 1.93. The molecule has 1 aromatic heterocycles. The first-order valence-corrected chi connectivity index (χ1v) is 3.27. The SMILES string of the molecule is Cn1c[c]c(C2CC2)n1. The Kier molecular flexibility index (Phi) is 0.891. The lowest BCUT2D eigenvalue weighted by molar-refractivity contribution is 0.744. The van der Waals surface area contributed by atoms with Crippen LogP contribution in [0.15, 0.2) is 6.20 Å². The van der Waals surface area contributed by atoms with Crippen LogP contribution in [0.1, 0.15) is 24.5 Å². The Labute approximate surface area is 54.5 Å². The van der Waals surface area contributed by atoms with Gasteiger partial charge in [-0.05, 0) is 12.8 Å². The van der Waals surface area contributed by atoms with Crippen LogP contribution in [-0.4, -0.2) is 9.78 Å². The predicted molar refractivity (Wildman–Crippen MR) is 34.0 cm³/mol. The molecule has 2 heteroatoms. The molecule has 47 valence electrons. The summed E-state index contributed by atoms with van der Waals surface area (Å²) in [4.78, 5) is 0. The molecule has 0 saturated heterocycles. The first kappa shape index (κ1) is 5.03. The molecule has 0 atom stereocenters. The molecule has 1 aliphatic rings. The summed E-state index contributed by atoms with van der Waals surface area (Å²) < 4.78 is 1.81. The Hall–Kier alpha value is -0.790. The van der Waals surface area contributed by atoms with E-state index in [1.165, 1.54) is 12.8 Å². The van der Waals surface area contributed by atoms with Gasteiger partial charge in [0.15, 0.2) is 0 Å². The van der Waals surface area contributed by atoms with Crippen molar-refractivity contribution in [1.29, 1.82) is 0 Å². The molecule has 1 fully saturated rings. The van der Waals surface area contributed by atoms with Gasteiger partial charge in [-0.2, -0.15) is 5.10 Å². The molecule has 9 heavy (non-hydrogen) atoms. The van der Waals surface area contributed by atoms with E-state index >= 15 is 0 Å². The topological polar surface area (TPSA) is 17.8 Å². The molecule has 0 aromatic carbocycles. The Bertz CT molecular complexity index is 210. The van der Waals surface area contributed by atoms with E-state index in [-0.39, 0.29) is 0 Å². The van der Waals surface area contributed by atoms with Crippen molar-refractivity contribution in [3.8, 4) is 0 Å². The smallest absolute Gasteiger partial charge is 0.0734 e. The summed E-state index contributed by atoms with van der Waals surface area (Å²) in [6, 6.07) is 3.12. The second kappa shape index (κ2) is 1.59. The fourth-order valence-corrected chi connectivity index (χ4v) is 0.943. The van der Waals surface area contributed by atoms with Gasteiger partial charge in [0, 0.05) is 25.2 Å². The molecule has 0 N–H and O–H groups in total. The Morgan fingerprint density at radius 2 is 2.56 bits per heavy atom. The van der Waals surface area contributed by atoms with E-state index in [4.69, 9.17) is 0 Å². The van der Waals surface area contributed by atoms with Crippen LogP contribution in [0.3, 0.4) is 0 Å². The van der Waals surface area contributed by atoms with Crippen LogP contribution in [-0.2, 0) is 7.05 Å². The first-order valence-electron chi connectivity index (χ1n) is 3.27. The van der Waals surface area contributed by atoms with E-state index in [1.807, 2.05) is 17.9 Å². The molecule has 1 heterocycles. The monoisotopic (exact) mass is 121 g/mol. The highest BCUT2D eigenvalue weighted by Gasteiger charge is 2.25. The van der Waals surface area contributed by atoms with Gasteiger partial charge in [-0.3, -0.25) is 4.68 Å². The largest absolute Gasteiger partial charge is 0.275 e. The molecule has 1 saturated carbocycles. The molecule has 0 unspecified atom stereocenters. The van der Waals surface area contributed by atoms with Gasteiger partial charge in [0.05, 0.1) is 5.69 Å². The molecule has 1 aromatic rings. The van der Waals surface area contributed by atoms with Crippen LogP contribution in [0.4, 0.5) is 0 Å². The van der Waals surface area contributed by atoms with Gasteiger partial charge in [0.1, 0.15) is 0 Å². The third-order valence-corrected chi connectivity index (χ3v) is 1.63. The third kappa shape index (κ3) is 0.846. The Morgan fingerprint density at radius 3 is 3.00 bits per heavy atom. The molecule has 0 aliphatic heterocycles. The zero-order valence-corrected chi connectivity index (χ0v) is 5.46. The van der Waals surface area contributed by atoms with Crippen LogP contribution in [0, 0.1) is 6.07 Å². The van der Waals surface area contributed by atoms with E-state index in [2.05, 4.69) is 11.2 Å². The predicted octanol–water partition coefficient (Wildman–Crippen LogP) is 1.10. The minimum absolute atomic E-state index is 0.742. The maximum Gasteiger partial charge on any atom is 0.0734 e. The molecular weight excluding hydrogens is 112 g/mol. The van der Waals surface area contributed by atoms with E-state index in [1.54, 1.807) is 0 Å². The molecule has 2 nitrogen and oxygen atoms in total. The van der Waals surface area contributed by atoms with Crippen molar-refractivity contribution >= 4 is 0 Å². The molecule has 0 spiro atoms. The molecule has 2 rings (SSSR count). The van der Waals surface area contributed by atoms with Crippen LogP contribution in [0.2, 0.25) is 0 Å². The van der Waals surface area contributed by atoms with Crippen LogP contribution < -0.4 is 0 Å². The summed E-state index contributed by atoms with van der Waals surface area (Å²) in [5.74, 6) is 0.742. The number of aryl methyl sites for hydroxylation is 1. The summed E-state index contributed by atoms with van der Waals surface area (Å²) in [6.45, 7) is 0. The maximum atomic E-state index is 4.23. The number of aromatic nitrogens is 2. The fraction of sp³-hybridized carbons (Fsp3) is 0.571. The third-order valence-electron chi connectivity index (χ3n) is 1.63. The van der Waals surface area contributed by atoms with E-state index in [0.717, 1.165) is 11.6 Å². The number of rotatable bonds is 1. The highest BCUT2D eigenvalue weighted by atomic mass is 15.2. The van der Waals surface area contributed by atoms with Crippen LogP contribution in [0.25, 0.3) is 0 Å². The van der Waals surface area contributed by atoms with Gasteiger partial charge >= 0.3 is 0 Å². The van der Waals surface area contributed by atoms with Gasteiger partial charge in [0.2, 0.25) is 0 Å². The molecule has 0 amide bonds. The summed E-state index contributed by atoms with van der Waals surface area (Å²) in [6.07, 6.45) is 4.51. The lowest BCUT2D eigenvalue weighted by Gasteiger charge is -1.85. The lowest BCUT2D eigenvalue weighted by Crippen LogP contribution is -1.88. The van der Waals surface area contributed by atoms with Crippen molar-refractivity contribution in [2.24, 2.45) is 7.05 Å². The highest BCUT2D eigenvalue weighted by molar-refractivity contribution is 5.10. The van der Waals surface area contributed by atoms with Gasteiger partial charge in [-0.15, -0.1) is 0 Å². The number of hydrogen-bond acceptors (Lipinski definition) is 1. The van der Waals surface area contributed by atoms with Crippen molar-refractivity contribution in [1.82, 2.24) is 9.78 Å². The second-order valence-corrected chi connectivity index (χ2v) is 2.61. The highest BCUT2D eigenvalue weighted by Crippen LogP contribution is 2.38. The molecule has 1 radical (unpaired) electrons. The van der Waals surface area contributed by atoms with E-state index in [0.29, 0.717) is 0 Å². The van der Waals surface area contributed by atoms with Gasteiger partial charge in [-0.1, -0.05) is 0 Å². The standard InChI is InChI=1S/C7H9N2/c1-9-5-4-7(8-9)6-2-3-6/h5-6H,2-3H2,1H3. The minimum Gasteiger partial charge on any atom is -0.275 e. The summed E-state index contributed by atoms with van der Waals surface area (Å²) >= 11 is 0. The maximum absolute atomic E-state index is 4.23. The van der Waals surface area contributed by atoms with Crippen LogP contribution >= 0.6 is 0 Å². The zero-order chi connectivity index (χ0) is 6.27. The molecular formula is C7H9N2. The summed E-state index contributed by atoms with van der Waals surface area (Å²) in [5, 5.41) is 4.23. The van der Waals surface area contributed by atoms with E-state index in [9.17, 15) is 0 Å². The molecule has 0 bridgehead atoms. The first-order chi connectivity index (χ1) is 4.36. The van der Waals surface area contributed by atoms with Crippen molar-refractivity contribution in [2.45, 2.75) is 18.8 Å². The van der Waals surface area contributed by atoms with Gasteiger partial charge in [0.25, 0.3) is 0 Å². The Balaban J connectivity index is 2.28. The molecule has 1 aliphatic carbocycles.